The van der Waals surface area contributed by atoms with Gasteiger partial charge in [-0.1, -0.05) is 22.0 Å². The average Bonchev–Trinajstić information content (AvgIpc) is 2.89. The second-order valence-corrected chi connectivity index (χ2v) is 4.61. The third-order valence-electron chi connectivity index (χ3n) is 2.87. The first-order valence-corrected chi connectivity index (χ1v) is 6.93. The largest absolute Gasteiger partial charge is 0.497 e. The van der Waals surface area contributed by atoms with Crippen LogP contribution >= 0.6 is 15.9 Å². The first kappa shape index (κ1) is 12.7. The lowest BCUT2D eigenvalue weighted by atomic mass is 10.2. The number of hydrogen-bond acceptors (Lipinski definition) is 3. The molecule has 1 saturated heterocycles. The van der Waals surface area contributed by atoms with Crippen LogP contribution in [0.3, 0.4) is 0 Å². The maximum Gasteiger partial charge on any atom is 0.127 e. The quantitative estimate of drug-likeness (QED) is 0.782. The Morgan fingerprint density at radius 1 is 1.47 bits per heavy atom. The number of alkyl halides is 1. The van der Waals surface area contributed by atoms with Crippen LogP contribution in [0.2, 0.25) is 0 Å². The average molecular weight is 301 g/mol. The lowest BCUT2D eigenvalue weighted by molar-refractivity contribution is 0.0676. The molecule has 1 aromatic carbocycles. The van der Waals surface area contributed by atoms with E-state index in [1.54, 1.807) is 7.11 Å². The fourth-order valence-electron chi connectivity index (χ4n) is 1.87. The van der Waals surface area contributed by atoms with Crippen molar-refractivity contribution in [2.75, 3.05) is 20.3 Å². The van der Waals surface area contributed by atoms with E-state index < -0.39 is 0 Å². The van der Waals surface area contributed by atoms with E-state index in [4.69, 9.17) is 14.2 Å². The Bertz CT molecular complexity index is 362. The Kier molecular flexibility index (Phi) is 4.68. The number of methoxy groups -OCH3 is 1. The van der Waals surface area contributed by atoms with E-state index in [0.717, 1.165) is 41.8 Å². The SMILES string of the molecule is COc1ccc(CBr)c(OCC2CCCO2)c1. The predicted octanol–water partition coefficient (Wildman–Crippen LogP) is 3.15. The summed E-state index contributed by atoms with van der Waals surface area (Å²) < 4.78 is 16.6. The van der Waals surface area contributed by atoms with Gasteiger partial charge in [-0.25, -0.2) is 0 Å². The topological polar surface area (TPSA) is 27.7 Å². The molecule has 0 aromatic heterocycles. The van der Waals surface area contributed by atoms with E-state index in [2.05, 4.69) is 15.9 Å². The van der Waals surface area contributed by atoms with Gasteiger partial charge in [-0.05, 0) is 18.9 Å². The fourth-order valence-corrected chi connectivity index (χ4v) is 2.33. The summed E-state index contributed by atoms with van der Waals surface area (Å²) in [6.07, 6.45) is 2.47. The summed E-state index contributed by atoms with van der Waals surface area (Å²) in [7, 11) is 1.66. The second-order valence-electron chi connectivity index (χ2n) is 4.05. The molecule has 0 spiro atoms. The number of hydrogen-bond donors (Lipinski definition) is 0. The smallest absolute Gasteiger partial charge is 0.127 e. The lowest BCUT2D eigenvalue weighted by Crippen LogP contribution is -2.16. The van der Waals surface area contributed by atoms with Crippen molar-refractivity contribution >= 4 is 15.9 Å². The molecule has 0 bridgehead atoms. The van der Waals surface area contributed by atoms with Crippen molar-refractivity contribution in [2.45, 2.75) is 24.3 Å². The van der Waals surface area contributed by atoms with Crippen LogP contribution in [0.15, 0.2) is 18.2 Å². The van der Waals surface area contributed by atoms with E-state index >= 15 is 0 Å². The molecule has 0 radical (unpaired) electrons. The van der Waals surface area contributed by atoms with Crippen molar-refractivity contribution in [1.82, 2.24) is 0 Å². The van der Waals surface area contributed by atoms with Gasteiger partial charge < -0.3 is 14.2 Å². The van der Waals surface area contributed by atoms with Gasteiger partial charge in [0.15, 0.2) is 0 Å². The van der Waals surface area contributed by atoms with Crippen LogP contribution < -0.4 is 9.47 Å². The third-order valence-corrected chi connectivity index (χ3v) is 3.47. The zero-order valence-corrected chi connectivity index (χ0v) is 11.5. The van der Waals surface area contributed by atoms with Gasteiger partial charge in [0.25, 0.3) is 0 Å². The van der Waals surface area contributed by atoms with Crippen LogP contribution in [0.25, 0.3) is 0 Å². The van der Waals surface area contributed by atoms with Crippen LogP contribution in [0.1, 0.15) is 18.4 Å². The van der Waals surface area contributed by atoms with E-state index in [1.807, 2.05) is 18.2 Å². The molecule has 0 N–H and O–H groups in total. The molecule has 2 rings (SSSR count). The highest BCUT2D eigenvalue weighted by Crippen LogP contribution is 2.27. The Balaban J connectivity index is 2.01. The first-order valence-electron chi connectivity index (χ1n) is 5.80. The number of benzene rings is 1. The van der Waals surface area contributed by atoms with Gasteiger partial charge in [-0.15, -0.1) is 0 Å². The molecule has 0 saturated carbocycles. The summed E-state index contributed by atoms with van der Waals surface area (Å²) in [6.45, 7) is 1.48. The van der Waals surface area contributed by atoms with Gasteiger partial charge in [-0.3, -0.25) is 0 Å². The van der Waals surface area contributed by atoms with Gasteiger partial charge in [-0.2, -0.15) is 0 Å². The van der Waals surface area contributed by atoms with Gasteiger partial charge in [0.05, 0.1) is 13.2 Å². The summed E-state index contributed by atoms with van der Waals surface area (Å²) in [4.78, 5) is 0. The van der Waals surface area contributed by atoms with E-state index in [9.17, 15) is 0 Å². The Labute approximate surface area is 110 Å². The Morgan fingerprint density at radius 2 is 2.35 bits per heavy atom. The van der Waals surface area contributed by atoms with E-state index in [0.29, 0.717) is 6.61 Å². The standard InChI is InChI=1S/C13H17BrO3/c1-15-11-5-4-10(8-14)13(7-11)17-9-12-3-2-6-16-12/h4-5,7,12H,2-3,6,8-9H2,1H3. The van der Waals surface area contributed by atoms with E-state index in [-0.39, 0.29) is 6.10 Å². The monoisotopic (exact) mass is 300 g/mol. The summed E-state index contributed by atoms with van der Waals surface area (Å²) in [6, 6.07) is 5.87. The Hall–Kier alpha value is -0.740. The van der Waals surface area contributed by atoms with Crippen molar-refractivity contribution in [3.8, 4) is 11.5 Å². The summed E-state index contributed by atoms with van der Waals surface area (Å²) >= 11 is 3.46. The van der Waals surface area contributed by atoms with Crippen molar-refractivity contribution in [3.63, 3.8) is 0 Å². The number of rotatable bonds is 5. The molecule has 1 aliphatic heterocycles. The number of ether oxygens (including phenoxy) is 3. The number of halogens is 1. The maximum absolute atomic E-state index is 5.82. The lowest BCUT2D eigenvalue weighted by Gasteiger charge is -2.14. The molecule has 17 heavy (non-hydrogen) atoms. The van der Waals surface area contributed by atoms with Crippen molar-refractivity contribution in [1.29, 1.82) is 0 Å². The van der Waals surface area contributed by atoms with Crippen molar-refractivity contribution < 1.29 is 14.2 Å². The first-order chi connectivity index (χ1) is 8.33. The summed E-state index contributed by atoms with van der Waals surface area (Å²) in [5.74, 6) is 1.69. The highest BCUT2D eigenvalue weighted by molar-refractivity contribution is 9.08. The van der Waals surface area contributed by atoms with Crippen molar-refractivity contribution in [2.24, 2.45) is 0 Å². The minimum Gasteiger partial charge on any atom is -0.497 e. The van der Waals surface area contributed by atoms with Crippen LogP contribution in [-0.2, 0) is 10.1 Å². The molecule has 1 aliphatic rings. The molecular weight excluding hydrogens is 284 g/mol. The molecule has 0 aliphatic carbocycles. The summed E-state index contributed by atoms with van der Waals surface area (Å²) in [5, 5.41) is 0.776. The van der Waals surface area contributed by atoms with Gasteiger partial charge in [0, 0.05) is 23.6 Å². The second kappa shape index (κ2) is 6.26. The minimum atomic E-state index is 0.240. The van der Waals surface area contributed by atoms with Crippen LogP contribution in [0.4, 0.5) is 0 Å². The van der Waals surface area contributed by atoms with Crippen molar-refractivity contribution in [3.05, 3.63) is 23.8 Å². The normalized spacial score (nSPS) is 19.3. The molecular formula is C13H17BrO3. The fraction of sp³-hybridized carbons (Fsp3) is 0.538. The van der Waals surface area contributed by atoms with Gasteiger partial charge >= 0.3 is 0 Å². The third kappa shape index (κ3) is 3.36. The zero-order chi connectivity index (χ0) is 12.1. The predicted molar refractivity (Wildman–Crippen MR) is 70.1 cm³/mol. The molecule has 1 unspecified atom stereocenters. The molecule has 1 atom stereocenters. The molecule has 0 amide bonds. The van der Waals surface area contributed by atoms with Crippen LogP contribution in [-0.4, -0.2) is 26.4 Å². The highest BCUT2D eigenvalue weighted by atomic mass is 79.9. The molecule has 1 heterocycles. The molecule has 1 fully saturated rings. The molecule has 4 heteroatoms. The Morgan fingerprint density at radius 3 is 3.00 bits per heavy atom. The highest BCUT2D eigenvalue weighted by Gasteiger charge is 2.16. The van der Waals surface area contributed by atoms with Gasteiger partial charge in [0.1, 0.15) is 18.1 Å². The van der Waals surface area contributed by atoms with Crippen LogP contribution in [0, 0.1) is 0 Å². The molecule has 3 nitrogen and oxygen atoms in total. The van der Waals surface area contributed by atoms with Gasteiger partial charge in [0.2, 0.25) is 0 Å². The molecule has 94 valence electrons. The minimum absolute atomic E-state index is 0.240. The maximum atomic E-state index is 5.82. The zero-order valence-electron chi connectivity index (χ0n) is 9.95. The summed E-state index contributed by atoms with van der Waals surface area (Å²) in [5.41, 5.74) is 1.13. The van der Waals surface area contributed by atoms with Crippen LogP contribution in [0.5, 0.6) is 11.5 Å². The van der Waals surface area contributed by atoms with E-state index in [1.165, 1.54) is 0 Å². The molecule has 1 aromatic rings.